The first-order valence-corrected chi connectivity index (χ1v) is 7.68. The van der Waals surface area contributed by atoms with E-state index >= 15 is 0 Å². The Morgan fingerprint density at radius 2 is 2.10 bits per heavy atom. The van der Waals surface area contributed by atoms with Crippen LogP contribution in [0.2, 0.25) is 0 Å². The van der Waals surface area contributed by atoms with Crippen molar-refractivity contribution in [3.63, 3.8) is 0 Å². The number of aryl methyl sites for hydroxylation is 1. The van der Waals surface area contributed by atoms with Gasteiger partial charge in [0.2, 0.25) is 21.8 Å². The van der Waals surface area contributed by atoms with Gasteiger partial charge in [-0.2, -0.15) is 9.98 Å². The molecule has 0 aliphatic carbocycles. The van der Waals surface area contributed by atoms with Crippen LogP contribution in [0.25, 0.3) is 0 Å². The number of nitrogens with one attached hydrogen (secondary N) is 2. The molecular weight excluding hydrogens is 294 g/mol. The first-order valence-electron chi connectivity index (χ1n) is 6.20. The van der Waals surface area contributed by atoms with Crippen molar-refractivity contribution in [1.82, 2.24) is 10.0 Å². The summed E-state index contributed by atoms with van der Waals surface area (Å²) in [7, 11) is -3.89. The van der Waals surface area contributed by atoms with E-state index in [-0.39, 0.29) is 17.7 Å². The smallest absolute Gasteiger partial charge is 0.244 e. The number of imide groups is 1. The fraction of sp³-hybridized carbons (Fsp3) is 0.308. The number of benzene rings is 1. The van der Waals surface area contributed by atoms with Crippen molar-refractivity contribution in [2.24, 2.45) is 0 Å². The standard InChI is InChI=1S/C13H13N3O4S/c1-8-6-10(3-2-9(8)7-14)21(19,20)16-11-4-5-12(17)15-13(11)18/h2-3,6,11,16H,4-5H2,1H3,(H,15,17,18). The van der Waals surface area contributed by atoms with Gasteiger partial charge in [-0.25, -0.2) is 8.42 Å². The molecule has 1 aromatic rings. The third-order valence-electron chi connectivity index (χ3n) is 3.17. The van der Waals surface area contributed by atoms with Gasteiger partial charge in [0, 0.05) is 6.42 Å². The second kappa shape index (κ2) is 5.63. The number of carbonyl (C=O) groups is 2. The van der Waals surface area contributed by atoms with E-state index in [1.807, 2.05) is 6.07 Å². The molecule has 2 rings (SSSR count). The van der Waals surface area contributed by atoms with Crippen LogP contribution in [0.4, 0.5) is 0 Å². The molecule has 1 aliphatic heterocycles. The first kappa shape index (κ1) is 15.2. The molecule has 110 valence electrons. The third kappa shape index (κ3) is 3.26. The van der Waals surface area contributed by atoms with Gasteiger partial charge in [0.05, 0.1) is 16.5 Å². The highest BCUT2D eigenvalue weighted by Crippen LogP contribution is 2.16. The molecule has 1 atom stereocenters. The molecule has 1 saturated heterocycles. The molecule has 21 heavy (non-hydrogen) atoms. The second-order valence-electron chi connectivity index (χ2n) is 4.71. The summed E-state index contributed by atoms with van der Waals surface area (Å²) in [6.45, 7) is 1.63. The number of hydrogen-bond donors (Lipinski definition) is 2. The molecule has 1 aliphatic rings. The van der Waals surface area contributed by atoms with Crippen molar-refractivity contribution in [2.45, 2.75) is 30.7 Å². The molecule has 0 radical (unpaired) electrons. The molecule has 1 fully saturated rings. The Hall–Kier alpha value is -2.24. The molecule has 0 bridgehead atoms. The van der Waals surface area contributed by atoms with E-state index in [1.54, 1.807) is 6.92 Å². The normalized spacial score (nSPS) is 19.0. The highest BCUT2D eigenvalue weighted by molar-refractivity contribution is 7.89. The molecule has 2 amide bonds. The largest absolute Gasteiger partial charge is 0.295 e. The van der Waals surface area contributed by atoms with Crippen LogP contribution in [0.5, 0.6) is 0 Å². The Labute approximate surface area is 122 Å². The molecule has 1 aromatic carbocycles. The van der Waals surface area contributed by atoms with Gasteiger partial charge in [0.1, 0.15) is 6.04 Å². The van der Waals surface area contributed by atoms with Crippen LogP contribution in [0.15, 0.2) is 23.1 Å². The van der Waals surface area contributed by atoms with Crippen LogP contribution >= 0.6 is 0 Å². The molecular formula is C13H13N3O4S. The predicted molar refractivity (Wildman–Crippen MR) is 72.4 cm³/mol. The number of nitriles is 1. The van der Waals surface area contributed by atoms with Crippen molar-refractivity contribution < 1.29 is 18.0 Å². The zero-order valence-electron chi connectivity index (χ0n) is 11.2. The first-order chi connectivity index (χ1) is 9.83. The average molecular weight is 307 g/mol. The summed E-state index contributed by atoms with van der Waals surface area (Å²) >= 11 is 0. The maximum absolute atomic E-state index is 12.2. The van der Waals surface area contributed by atoms with E-state index in [0.29, 0.717) is 11.1 Å². The minimum atomic E-state index is -3.89. The Bertz CT molecular complexity index is 749. The maximum atomic E-state index is 12.2. The lowest BCUT2D eigenvalue weighted by atomic mass is 10.1. The molecule has 7 nitrogen and oxygen atoms in total. The summed E-state index contributed by atoms with van der Waals surface area (Å²) in [5.74, 6) is -1.06. The number of amides is 2. The Morgan fingerprint density at radius 1 is 1.38 bits per heavy atom. The summed E-state index contributed by atoms with van der Waals surface area (Å²) in [5, 5.41) is 10.9. The predicted octanol–water partition coefficient (Wildman–Crippen LogP) is -0.0498. The fourth-order valence-corrected chi connectivity index (χ4v) is 3.30. The van der Waals surface area contributed by atoms with Crippen LogP contribution in [0, 0.1) is 18.3 Å². The average Bonchev–Trinajstić information content (AvgIpc) is 2.42. The Morgan fingerprint density at radius 3 is 2.67 bits per heavy atom. The van der Waals surface area contributed by atoms with Crippen molar-refractivity contribution in [2.75, 3.05) is 0 Å². The van der Waals surface area contributed by atoms with Crippen molar-refractivity contribution in [3.05, 3.63) is 29.3 Å². The van der Waals surface area contributed by atoms with E-state index in [4.69, 9.17) is 5.26 Å². The molecule has 2 N–H and O–H groups in total. The van der Waals surface area contributed by atoms with Crippen LogP contribution in [-0.4, -0.2) is 26.3 Å². The monoisotopic (exact) mass is 307 g/mol. The van der Waals surface area contributed by atoms with Crippen LogP contribution in [0.1, 0.15) is 24.0 Å². The van der Waals surface area contributed by atoms with Crippen molar-refractivity contribution in [1.29, 1.82) is 5.26 Å². The highest BCUT2D eigenvalue weighted by atomic mass is 32.2. The summed E-state index contributed by atoms with van der Waals surface area (Å²) < 4.78 is 26.7. The van der Waals surface area contributed by atoms with Crippen molar-refractivity contribution in [3.8, 4) is 6.07 Å². The minimum absolute atomic E-state index is 0.0244. The number of hydrogen-bond acceptors (Lipinski definition) is 5. The number of carbonyl (C=O) groups excluding carboxylic acids is 2. The van der Waals surface area contributed by atoms with Crippen LogP contribution < -0.4 is 10.0 Å². The van der Waals surface area contributed by atoms with Gasteiger partial charge in [0.15, 0.2) is 0 Å². The SMILES string of the molecule is Cc1cc(S(=O)(=O)NC2CCC(=O)NC2=O)ccc1C#N. The molecule has 1 unspecified atom stereocenters. The van der Waals surface area contributed by atoms with E-state index < -0.39 is 27.9 Å². The third-order valence-corrected chi connectivity index (χ3v) is 4.63. The number of nitrogens with zero attached hydrogens (tertiary/aromatic N) is 1. The lowest BCUT2D eigenvalue weighted by Crippen LogP contribution is -2.52. The number of sulfonamides is 1. The second-order valence-corrected chi connectivity index (χ2v) is 6.43. The number of piperidine rings is 1. The lowest BCUT2D eigenvalue weighted by molar-refractivity contribution is -0.134. The van der Waals surface area contributed by atoms with Crippen LogP contribution in [0.3, 0.4) is 0 Å². The zero-order valence-corrected chi connectivity index (χ0v) is 12.0. The van der Waals surface area contributed by atoms with E-state index in [9.17, 15) is 18.0 Å². The van der Waals surface area contributed by atoms with Gasteiger partial charge in [-0.05, 0) is 37.1 Å². The van der Waals surface area contributed by atoms with Gasteiger partial charge < -0.3 is 0 Å². The summed E-state index contributed by atoms with van der Waals surface area (Å²) in [6, 6.07) is 5.07. The number of rotatable bonds is 3. The molecule has 0 saturated carbocycles. The Kier molecular flexibility index (Phi) is 4.06. The van der Waals surface area contributed by atoms with E-state index in [0.717, 1.165) is 0 Å². The molecule has 0 spiro atoms. The zero-order chi connectivity index (χ0) is 15.6. The van der Waals surface area contributed by atoms with Gasteiger partial charge in [-0.3, -0.25) is 14.9 Å². The van der Waals surface area contributed by atoms with Gasteiger partial charge in [-0.15, -0.1) is 0 Å². The topological polar surface area (TPSA) is 116 Å². The highest BCUT2D eigenvalue weighted by Gasteiger charge is 2.30. The van der Waals surface area contributed by atoms with Gasteiger partial charge >= 0.3 is 0 Å². The van der Waals surface area contributed by atoms with E-state index in [1.165, 1.54) is 18.2 Å². The van der Waals surface area contributed by atoms with E-state index in [2.05, 4.69) is 10.0 Å². The molecule has 0 aromatic heterocycles. The van der Waals surface area contributed by atoms with Crippen LogP contribution in [-0.2, 0) is 19.6 Å². The maximum Gasteiger partial charge on any atom is 0.244 e. The summed E-state index contributed by atoms with van der Waals surface area (Å²) in [6.07, 6.45) is 0.213. The van der Waals surface area contributed by atoms with Crippen molar-refractivity contribution >= 4 is 21.8 Å². The minimum Gasteiger partial charge on any atom is -0.295 e. The Balaban J connectivity index is 2.23. The molecule has 1 heterocycles. The molecule has 8 heteroatoms. The van der Waals surface area contributed by atoms with Gasteiger partial charge in [0.25, 0.3) is 0 Å². The van der Waals surface area contributed by atoms with Gasteiger partial charge in [-0.1, -0.05) is 0 Å². The summed E-state index contributed by atoms with van der Waals surface area (Å²) in [5.41, 5.74) is 0.915. The summed E-state index contributed by atoms with van der Waals surface area (Å²) in [4.78, 5) is 22.6. The lowest BCUT2D eigenvalue weighted by Gasteiger charge is -2.21. The fourth-order valence-electron chi connectivity index (χ4n) is 1.99. The quantitative estimate of drug-likeness (QED) is 0.759.